The monoisotopic (exact) mass is 853 g/mol. The normalized spacial score (nSPS) is 12.4. The maximum absolute atomic E-state index is 5.68. The van der Waals surface area contributed by atoms with Gasteiger partial charge >= 0.3 is 0 Å². The van der Waals surface area contributed by atoms with Crippen LogP contribution in [0.5, 0.6) is 0 Å². The van der Waals surface area contributed by atoms with Crippen molar-refractivity contribution in [3.05, 3.63) is 213 Å². The third-order valence-corrected chi connectivity index (χ3v) is 19.2. The topological polar surface area (TPSA) is 57.4 Å². The van der Waals surface area contributed by atoms with Gasteiger partial charge in [0.2, 0.25) is 14.0 Å². The highest BCUT2D eigenvalue weighted by molar-refractivity contribution is 7.30. The maximum Gasteiger partial charge on any atom is 0.238 e. The van der Waals surface area contributed by atoms with E-state index in [2.05, 4.69) is 224 Å². The Kier molecular flexibility index (Phi) is 7.45. The molecule has 6 heterocycles. The predicted octanol–water partition coefficient (Wildman–Crippen LogP) is 10.3. The molecule has 0 fully saturated rings. The highest BCUT2D eigenvalue weighted by atomic mass is 32.1. The summed E-state index contributed by atoms with van der Waals surface area (Å²) in [5.41, 5.74) is 10.7. The number of hydrogen-bond acceptors (Lipinski definition) is 4. The number of fused-ring (bicyclic) bond motifs is 13. The van der Waals surface area contributed by atoms with Gasteiger partial charge in [-0.1, -0.05) is 146 Å². The molecule has 0 unspecified atom stereocenters. The van der Waals surface area contributed by atoms with E-state index in [4.69, 9.17) is 15.0 Å². The van der Waals surface area contributed by atoms with Gasteiger partial charge in [0.15, 0.2) is 0 Å². The van der Waals surface area contributed by atoms with Crippen molar-refractivity contribution < 1.29 is 0 Å². The van der Waals surface area contributed by atoms with E-state index in [0.29, 0.717) is 5.95 Å². The fourth-order valence-electron chi connectivity index (χ4n) is 10.6. The first kappa shape index (κ1) is 35.5. The summed E-state index contributed by atoms with van der Waals surface area (Å²) in [4.78, 5) is 16.0. The van der Waals surface area contributed by atoms with E-state index in [-0.39, 0.29) is 0 Å². The van der Waals surface area contributed by atoms with Gasteiger partial charge in [-0.25, -0.2) is 15.0 Å². The van der Waals surface area contributed by atoms with Crippen molar-refractivity contribution in [2.75, 3.05) is 0 Å². The Morgan fingerprint density at radius 1 is 0.422 bits per heavy atom. The van der Waals surface area contributed by atoms with E-state index in [9.17, 15) is 0 Å². The quantitative estimate of drug-likeness (QED) is 0.124. The van der Waals surface area contributed by atoms with Crippen molar-refractivity contribution in [2.24, 2.45) is 0 Å². The number of hydrogen-bond donors (Lipinski definition) is 0. The molecule has 7 nitrogen and oxygen atoms in total. The molecule has 8 aromatic carbocycles. The number of thiophene rings is 1. The van der Waals surface area contributed by atoms with Crippen molar-refractivity contribution in [3.63, 3.8) is 0 Å². The van der Waals surface area contributed by atoms with Gasteiger partial charge in [0.25, 0.3) is 0 Å². The fraction of sp³-hybridized carbons (Fsp3) is 0. The molecule has 14 aromatic rings. The van der Waals surface area contributed by atoms with Gasteiger partial charge in [0.05, 0.1) is 33.1 Å². The van der Waals surface area contributed by atoms with Gasteiger partial charge in [-0.3, -0.25) is 17.9 Å². The van der Waals surface area contributed by atoms with Crippen molar-refractivity contribution in [3.8, 4) is 11.6 Å². The van der Waals surface area contributed by atoms with E-state index < -0.39 is 8.07 Å². The second-order valence-electron chi connectivity index (χ2n) is 16.5. The summed E-state index contributed by atoms with van der Waals surface area (Å²) in [7, 11) is -3.21. The molecule has 300 valence electrons. The maximum atomic E-state index is 5.68. The van der Waals surface area contributed by atoms with Gasteiger partial charge < -0.3 is 0 Å². The van der Waals surface area contributed by atoms with Gasteiger partial charge in [0.1, 0.15) is 23.1 Å². The molecular weight excluding hydrogens is 819 g/mol. The lowest BCUT2D eigenvalue weighted by molar-refractivity contribution is 0.953. The van der Waals surface area contributed by atoms with Crippen LogP contribution in [-0.2, 0) is 0 Å². The Hall–Kier alpha value is -8.11. The van der Waals surface area contributed by atoms with E-state index in [1.807, 2.05) is 11.3 Å². The van der Waals surface area contributed by atoms with Crippen LogP contribution in [0.4, 0.5) is 0 Å². The van der Waals surface area contributed by atoms with Crippen molar-refractivity contribution in [2.45, 2.75) is 0 Å². The number of para-hydroxylation sites is 5. The molecule has 0 aliphatic carbocycles. The largest absolute Gasteiger partial charge is 0.294 e. The Morgan fingerprint density at radius 3 is 1.75 bits per heavy atom. The standard InChI is InChI=1S/C55H35N7SSi/c1-3-17-39(18-4-1)64(40-19-5-2-6-20-40,50-29-15-22-42-41-21-8-14-28-49(41)63-53(42)50)55-57-35-56-54(58-55)62-47-27-13-12-26-46(47)61-48-34-38(31-30-37(48)33-52(61)62)59-44-24-10-11-25-45(44)60-43-23-9-7-16-36(43)32-51(59)60/h1-35H. The number of benzene rings is 8. The molecule has 64 heavy (non-hydrogen) atoms. The third kappa shape index (κ3) is 4.82. The summed E-state index contributed by atoms with van der Waals surface area (Å²) >= 11 is 1.86. The minimum Gasteiger partial charge on any atom is -0.294 e. The van der Waals surface area contributed by atoms with Crippen LogP contribution in [0, 0.1) is 0 Å². The van der Waals surface area contributed by atoms with Gasteiger partial charge in [-0.15, -0.1) is 11.3 Å². The van der Waals surface area contributed by atoms with E-state index in [0.717, 1.165) is 49.9 Å². The summed E-state index contributed by atoms with van der Waals surface area (Å²) in [6.07, 6.45) is 1.73. The molecule has 0 amide bonds. The SMILES string of the molecule is c1ccc([Si](c2ccccc2)(c2ncnc(-n3c4ccccc4n4c5cc(-n6c7ccccc7n7c8ccccc8cc67)ccc5cc34)n2)c2cccc3c2sc2ccccc23)cc1. The lowest BCUT2D eigenvalue weighted by Gasteiger charge is -2.32. The van der Waals surface area contributed by atoms with Crippen molar-refractivity contribution in [1.82, 2.24) is 32.9 Å². The minimum absolute atomic E-state index is 0.587. The van der Waals surface area contributed by atoms with Crippen LogP contribution in [0.15, 0.2) is 213 Å². The predicted molar refractivity (Wildman–Crippen MR) is 267 cm³/mol. The van der Waals surface area contributed by atoms with Crippen LogP contribution >= 0.6 is 11.3 Å². The number of nitrogens with zero attached hydrogens (tertiary/aromatic N) is 7. The van der Waals surface area contributed by atoms with Gasteiger partial charge in [-0.2, -0.15) is 0 Å². The van der Waals surface area contributed by atoms with Crippen LogP contribution in [0.25, 0.3) is 87.0 Å². The van der Waals surface area contributed by atoms with Crippen LogP contribution in [0.2, 0.25) is 0 Å². The third-order valence-electron chi connectivity index (χ3n) is 13.2. The number of aromatic nitrogens is 7. The number of imidazole rings is 2. The fourth-order valence-corrected chi connectivity index (χ4v) is 16.7. The van der Waals surface area contributed by atoms with E-state index in [1.54, 1.807) is 6.33 Å². The average Bonchev–Trinajstić information content (AvgIpc) is 4.16. The van der Waals surface area contributed by atoms with Crippen molar-refractivity contribution in [1.29, 1.82) is 0 Å². The van der Waals surface area contributed by atoms with Crippen LogP contribution < -0.4 is 21.0 Å². The minimum atomic E-state index is -3.21. The first-order valence-corrected chi connectivity index (χ1v) is 24.3. The average molecular weight is 854 g/mol. The first-order chi connectivity index (χ1) is 31.8. The second-order valence-corrected chi connectivity index (χ2v) is 21.2. The molecule has 0 saturated carbocycles. The molecule has 0 bridgehead atoms. The van der Waals surface area contributed by atoms with E-state index in [1.165, 1.54) is 52.2 Å². The highest BCUT2D eigenvalue weighted by Crippen LogP contribution is 2.36. The number of rotatable bonds is 6. The summed E-state index contributed by atoms with van der Waals surface area (Å²) in [6.45, 7) is 0. The zero-order chi connectivity index (χ0) is 41.9. The molecular formula is C55H35N7SSi. The molecule has 0 radical (unpaired) electrons. The van der Waals surface area contributed by atoms with Crippen LogP contribution in [-0.4, -0.2) is 41.0 Å². The zero-order valence-corrected chi connectivity index (χ0v) is 36.1. The molecule has 0 saturated heterocycles. The Labute approximate surface area is 371 Å². The first-order valence-electron chi connectivity index (χ1n) is 21.5. The molecule has 0 atom stereocenters. The zero-order valence-electron chi connectivity index (χ0n) is 34.2. The molecule has 6 aromatic heterocycles. The Bertz CT molecular complexity index is 4120. The summed E-state index contributed by atoms with van der Waals surface area (Å²) < 4.78 is 11.9. The lowest BCUT2D eigenvalue weighted by atomic mass is 10.1. The highest BCUT2D eigenvalue weighted by Gasteiger charge is 2.46. The molecule has 0 spiro atoms. The molecule has 0 N–H and O–H groups in total. The molecule has 14 rings (SSSR count). The van der Waals surface area contributed by atoms with Gasteiger partial charge in [-0.05, 0) is 76.2 Å². The van der Waals surface area contributed by atoms with Crippen LogP contribution in [0.1, 0.15) is 0 Å². The van der Waals surface area contributed by atoms with Crippen molar-refractivity contribution >= 4 is 116 Å². The summed E-state index contributed by atoms with van der Waals surface area (Å²) in [6, 6.07) is 74.7. The Balaban J connectivity index is 1.03. The van der Waals surface area contributed by atoms with Crippen LogP contribution in [0.3, 0.4) is 0 Å². The van der Waals surface area contributed by atoms with E-state index >= 15 is 0 Å². The Morgan fingerprint density at radius 2 is 1.00 bits per heavy atom. The van der Waals surface area contributed by atoms with Gasteiger partial charge in [0, 0.05) is 36.6 Å². The molecule has 0 aliphatic heterocycles. The summed E-state index contributed by atoms with van der Waals surface area (Å²) in [5, 5.41) is 8.58. The second kappa shape index (κ2) is 13.4. The molecule has 9 heteroatoms. The molecule has 0 aliphatic rings. The lowest BCUT2D eigenvalue weighted by Crippen LogP contribution is -2.76. The summed E-state index contributed by atoms with van der Waals surface area (Å²) in [5.74, 6) is 0.587. The smallest absolute Gasteiger partial charge is 0.238 e.